The van der Waals surface area contributed by atoms with Gasteiger partial charge in [-0.15, -0.1) is 0 Å². The van der Waals surface area contributed by atoms with Gasteiger partial charge in [-0.05, 0) is 43.9 Å². The average Bonchev–Trinajstić information content (AvgIpc) is 2.30. The van der Waals surface area contributed by atoms with Crippen molar-refractivity contribution < 1.29 is 4.39 Å². The van der Waals surface area contributed by atoms with E-state index in [9.17, 15) is 4.39 Å². The molecule has 1 saturated heterocycles. The van der Waals surface area contributed by atoms with Crippen LogP contribution in [0.2, 0.25) is 0 Å². The van der Waals surface area contributed by atoms with Crippen LogP contribution in [0, 0.1) is 11.7 Å². The quantitative estimate of drug-likeness (QED) is 0.851. The minimum absolute atomic E-state index is 0.115. The zero-order valence-corrected chi connectivity index (χ0v) is 9.53. The molecule has 0 aromatic heterocycles. The summed E-state index contributed by atoms with van der Waals surface area (Å²) in [5.74, 6) is 0.509. The van der Waals surface area contributed by atoms with Crippen molar-refractivity contribution in [2.45, 2.75) is 19.3 Å². The highest BCUT2D eigenvalue weighted by Crippen LogP contribution is 2.26. The standard InChI is InChI=1S/C13H19FN2/c14-12-5-1-2-6-13(12)16-9-3-4-11(10-16)7-8-15/h1-2,5-6,11H,3-4,7-10,15H2. The van der Waals surface area contributed by atoms with Crippen LogP contribution >= 0.6 is 0 Å². The lowest BCUT2D eigenvalue weighted by molar-refractivity contribution is 0.393. The first-order valence-electron chi connectivity index (χ1n) is 6.01. The van der Waals surface area contributed by atoms with Crippen LogP contribution in [0.25, 0.3) is 0 Å². The third-order valence-electron chi connectivity index (χ3n) is 3.29. The summed E-state index contributed by atoms with van der Waals surface area (Å²) in [7, 11) is 0. The number of halogens is 1. The Morgan fingerprint density at radius 2 is 2.19 bits per heavy atom. The van der Waals surface area contributed by atoms with Crippen molar-refractivity contribution in [2.24, 2.45) is 11.7 Å². The smallest absolute Gasteiger partial charge is 0.146 e. The molecule has 0 amide bonds. The van der Waals surface area contributed by atoms with Gasteiger partial charge in [0.1, 0.15) is 5.82 Å². The summed E-state index contributed by atoms with van der Waals surface area (Å²) in [5.41, 5.74) is 6.32. The zero-order chi connectivity index (χ0) is 11.4. The molecule has 1 atom stereocenters. The van der Waals surface area contributed by atoms with Gasteiger partial charge in [-0.3, -0.25) is 0 Å². The Morgan fingerprint density at radius 1 is 1.38 bits per heavy atom. The molecule has 1 aliphatic rings. The van der Waals surface area contributed by atoms with E-state index in [0.717, 1.165) is 38.2 Å². The van der Waals surface area contributed by atoms with E-state index in [1.807, 2.05) is 12.1 Å². The van der Waals surface area contributed by atoms with Crippen molar-refractivity contribution in [2.75, 3.05) is 24.5 Å². The number of nitrogens with zero attached hydrogens (tertiary/aromatic N) is 1. The number of anilines is 1. The molecule has 1 fully saturated rings. The molecular formula is C13H19FN2. The van der Waals surface area contributed by atoms with Crippen LogP contribution in [0.15, 0.2) is 24.3 Å². The number of nitrogens with two attached hydrogens (primary N) is 1. The Kier molecular flexibility index (Phi) is 3.78. The molecule has 0 saturated carbocycles. The van der Waals surface area contributed by atoms with Crippen molar-refractivity contribution in [3.05, 3.63) is 30.1 Å². The van der Waals surface area contributed by atoms with Gasteiger partial charge < -0.3 is 10.6 Å². The summed E-state index contributed by atoms with van der Waals surface area (Å²) in [5, 5.41) is 0. The van der Waals surface area contributed by atoms with E-state index in [0.29, 0.717) is 5.92 Å². The molecule has 2 rings (SSSR count). The van der Waals surface area contributed by atoms with Gasteiger partial charge in [0, 0.05) is 13.1 Å². The highest BCUT2D eigenvalue weighted by atomic mass is 19.1. The van der Waals surface area contributed by atoms with Gasteiger partial charge >= 0.3 is 0 Å². The van der Waals surface area contributed by atoms with E-state index >= 15 is 0 Å². The minimum atomic E-state index is -0.115. The maximum atomic E-state index is 13.6. The van der Waals surface area contributed by atoms with Crippen molar-refractivity contribution in [3.63, 3.8) is 0 Å². The van der Waals surface area contributed by atoms with E-state index in [-0.39, 0.29) is 5.82 Å². The fourth-order valence-electron chi connectivity index (χ4n) is 2.46. The molecule has 1 aromatic rings. The molecule has 1 aliphatic heterocycles. The van der Waals surface area contributed by atoms with Crippen LogP contribution in [0.1, 0.15) is 19.3 Å². The molecular weight excluding hydrogens is 203 g/mol. The highest BCUT2D eigenvalue weighted by molar-refractivity contribution is 5.47. The lowest BCUT2D eigenvalue weighted by atomic mass is 9.94. The molecule has 0 bridgehead atoms. The second kappa shape index (κ2) is 5.30. The fourth-order valence-corrected chi connectivity index (χ4v) is 2.46. The summed E-state index contributed by atoms with van der Waals surface area (Å²) in [6, 6.07) is 7.02. The Labute approximate surface area is 96.2 Å². The van der Waals surface area contributed by atoms with Crippen molar-refractivity contribution in [1.82, 2.24) is 0 Å². The Morgan fingerprint density at radius 3 is 2.94 bits per heavy atom. The second-order valence-corrected chi connectivity index (χ2v) is 4.48. The molecule has 0 radical (unpaired) electrons. The van der Waals surface area contributed by atoms with E-state index in [1.54, 1.807) is 6.07 Å². The number of piperidine rings is 1. The maximum Gasteiger partial charge on any atom is 0.146 e. The first-order chi connectivity index (χ1) is 7.81. The lowest BCUT2D eigenvalue weighted by Crippen LogP contribution is -2.36. The summed E-state index contributed by atoms with van der Waals surface area (Å²) in [6.45, 7) is 2.63. The molecule has 3 heteroatoms. The SMILES string of the molecule is NCCC1CCCN(c2ccccc2F)C1. The van der Waals surface area contributed by atoms with E-state index in [4.69, 9.17) is 5.73 Å². The molecule has 16 heavy (non-hydrogen) atoms. The summed E-state index contributed by atoms with van der Waals surface area (Å²) in [6.07, 6.45) is 3.41. The first kappa shape index (κ1) is 11.4. The molecule has 0 aliphatic carbocycles. The molecule has 88 valence electrons. The number of hydrogen-bond donors (Lipinski definition) is 1. The van der Waals surface area contributed by atoms with Crippen molar-refractivity contribution >= 4 is 5.69 Å². The second-order valence-electron chi connectivity index (χ2n) is 4.48. The number of hydrogen-bond acceptors (Lipinski definition) is 2. The predicted molar refractivity (Wildman–Crippen MR) is 65.0 cm³/mol. The molecule has 1 heterocycles. The highest BCUT2D eigenvalue weighted by Gasteiger charge is 2.20. The summed E-state index contributed by atoms with van der Waals surface area (Å²) < 4.78 is 13.6. The van der Waals surface area contributed by atoms with Crippen molar-refractivity contribution in [1.29, 1.82) is 0 Å². The third-order valence-corrected chi connectivity index (χ3v) is 3.29. The van der Waals surface area contributed by atoms with Crippen molar-refractivity contribution in [3.8, 4) is 0 Å². The zero-order valence-electron chi connectivity index (χ0n) is 9.53. The normalized spacial score (nSPS) is 21.1. The van der Waals surface area contributed by atoms with Gasteiger partial charge in [-0.25, -0.2) is 4.39 Å². The summed E-state index contributed by atoms with van der Waals surface area (Å²) >= 11 is 0. The van der Waals surface area contributed by atoms with Crippen LogP contribution in [0.5, 0.6) is 0 Å². The lowest BCUT2D eigenvalue weighted by Gasteiger charge is -2.34. The van der Waals surface area contributed by atoms with Crippen LogP contribution in [0.3, 0.4) is 0 Å². The average molecular weight is 222 g/mol. The topological polar surface area (TPSA) is 29.3 Å². The number of rotatable bonds is 3. The third kappa shape index (κ3) is 2.53. The number of para-hydroxylation sites is 1. The van der Waals surface area contributed by atoms with E-state index < -0.39 is 0 Å². The van der Waals surface area contributed by atoms with Gasteiger partial charge in [0.05, 0.1) is 5.69 Å². The molecule has 2 N–H and O–H groups in total. The van der Waals surface area contributed by atoms with Crippen LogP contribution in [-0.4, -0.2) is 19.6 Å². The maximum absolute atomic E-state index is 13.6. The van der Waals surface area contributed by atoms with Crippen LogP contribution in [0.4, 0.5) is 10.1 Å². The molecule has 1 unspecified atom stereocenters. The van der Waals surface area contributed by atoms with Gasteiger partial charge in [-0.2, -0.15) is 0 Å². The van der Waals surface area contributed by atoms with Gasteiger partial charge in [0.25, 0.3) is 0 Å². The van der Waals surface area contributed by atoms with E-state index in [2.05, 4.69) is 4.90 Å². The van der Waals surface area contributed by atoms with Gasteiger partial charge in [-0.1, -0.05) is 12.1 Å². The van der Waals surface area contributed by atoms with Gasteiger partial charge in [0.15, 0.2) is 0 Å². The molecule has 1 aromatic carbocycles. The van der Waals surface area contributed by atoms with Gasteiger partial charge in [0.2, 0.25) is 0 Å². The predicted octanol–water partition coefficient (Wildman–Crippen LogP) is 2.39. The van der Waals surface area contributed by atoms with Crippen LogP contribution in [-0.2, 0) is 0 Å². The Hall–Kier alpha value is -1.09. The monoisotopic (exact) mass is 222 g/mol. The number of benzene rings is 1. The van der Waals surface area contributed by atoms with E-state index in [1.165, 1.54) is 12.5 Å². The minimum Gasteiger partial charge on any atom is -0.369 e. The largest absolute Gasteiger partial charge is 0.369 e. The fraction of sp³-hybridized carbons (Fsp3) is 0.538. The van der Waals surface area contributed by atoms with Crippen LogP contribution < -0.4 is 10.6 Å². The molecule has 0 spiro atoms. The molecule has 2 nitrogen and oxygen atoms in total. The Bertz CT molecular complexity index is 338. The first-order valence-corrected chi connectivity index (χ1v) is 6.01. The summed E-state index contributed by atoms with van der Waals surface area (Å²) in [4.78, 5) is 2.15. The Balaban J connectivity index is 2.07.